The molecule has 4 nitrogen and oxygen atoms in total. The van der Waals surface area contributed by atoms with Crippen LogP contribution < -0.4 is 5.32 Å². The Morgan fingerprint density at radius 1 is 1.40 bits per heavy atom. The molecule has 0 atom stereocenters. The van der Waals surface area contributed by atoms with Crippen LogP contribution in [0.15, 0.2) is 35.2 Å². The molecule has 0 saturated heterocycles. The predicted molar refractivity (Wildman–Crippen MR) is 82.5 cm³/mol. The lowest BCUT2D eigenvalue weighted by atomic mass is 10.3. The van der Waals surface area contributed by atoms with Crippen molar-refractivity contribution in [1.82, 2.24) is 15.1 Å². The van der Waals surface area contributed by atoms with Gasteiger partial charge in [0.1, 0.15) is 5.69 Å². The van der Waals surface area contributed by atoms with E-state index in [0.29, 0.717) is 23.0 Å². The summed E-state index contributed by atoms with van der Waals surface area (Å²) in [6, 6.07) is 10.1. The van der Waals surface area contributed by atoms with Crippen LogP contribution >= 0.6 is 23.4 Å². The second-order valence-corrected chi connectivity index (χ2v) is 5.84. The number of hydrogen-bond acceptors (Lipinski definition) is 3. The highest BCUT2D eigenvalue weighted by Crippen LogP contribution is 2.19. The normalized spacial score (nSPS) is 10.6. The second kappa shape index (κ2) is 6.81. The van der Waals surface area contributed by atoms with E-state index in [0.717, 1.165) is 5.75 Å². The largest absolute Gasteiger partial charge is 0.350 e. The van der Waals surface area contributed by atoms with Crippen LogP contribution in [0.25, 0.3) is 0 Å². The maximum Gasteiger partial charge on any atom is 0.271 e. The molecule has 1 heterocycles. The molecule has 1 amide bonds. The zero-order chi connectivity index (χ0) is 14.5. The summed E-state index contributed by atoms with van der Waals surface area (Å²) in [6.45, 7) is 2.36. The molecule has 1 N–H and O–H groups in total. The van der Waals surface area contributed by atoms with Crippen LogP contribution in [-0.4, -0.2) is 28.0 Å². The molecule has 0 unspecified atom stereocenters. The summed E-state index contributed by atoms with van der Waals surface area (Å²) in [4.78, 5) is 13.2. The van der Waals surface area contributed by atoms with Crippen LogP contribution in [-0.2, 0) is 7.05 Å². The highest BCUT2D eigenvalue weighted by atomic mass is 35.5. The number of carbonyl (C=O) groups excluding carboxylic acids is 1. The van der Waals surface area contributed by atoms with Gasteiger partial charge in [0.25, 0.3) is 5.91 Å². The van der Waals surface area contributed by atoms with E-state index in [1.165, 1.54) is 9.58 Å². The first-order chi connectivity index (χ1) is 9.59. The first-order valence-corrected chi connectivity index (χ1v) is 7.61. The van der Waals surface area contributed by atoms with Crippen molar-refractivity contribution in [2.75, 3.05) is 12.3 Å². The van der Waals surface area contributed by atoms with Gasteiger partial charge in [-0.2, -0.15) is 5.10 Å². The van der Waals surface area contributed by atoms with E-state index in [9.17, 15) is 4.79 Å². The van der Waals surface area contributed by atoms with Crippen LogP contribution in [0.3, 0.4) is 0 Å². The minimum Gasteiger partial charge on any atom is -0.350 e. The Morgan fingerprint density at radius 3 is 2.70 bits per heavy atom. The Kier molecular flexibility index (Phi) is 5.09. The van der Waals surface area contributed by atoms with Crippen molar-refractivity contribution in [2.45, 2.75) is 11.8 Å². The third-order valence-corrected chi connectivity index (χ3v) is 4.23. The molecule has 0 radical (unpaired) electrons. The topological polar surface area (TPSA) is 46.9 Å². The van der Waals surface area contributed by atoms with Crippen LogP contribution in [0, 0.1) is 6.92 Å². The molecule has 2 aromatic rings. The van der Waals surface area contributed by atoms with Crippen LogP contribution in [0.2, 0.25) is 5.02 Å². The van der Waals surface area contributed by atoms with Gasteiger partial charge in [-0.1, -0.05) is 29.8 Å². The monoisotopic (exact) mass is 309 g/mol. The minimum atomic E-state index is -0.188. The van der Waals surface area contributed by atoms with Crippen molar-refractivity contribution in [3.63, 3.8) is 0 Å². The number of aryl methyl sites for hydroxylation is 2. The molecule has 0 spiro atoms. The van der Waals surface area contributed by atoms with Crippen molar-refractivity contribution in [2.24, 2.45) is 7.05 Å². The molecule has 106 valence electrons. The molecule has 0 aliphatic carbocycles. The van der Waals surface area contributed by atoms with Gasteiger partial charge in [0.15, 0.2) is 0 Å². The number of nitrogens with one attached hydrogen (secondary N) is 1. The van der Waals surface area contributed by atoms with Gasteiger partial charge in [0.2, 0.25) is 0 Å². The van der Waals surface area contributed by atoms with Gasteiger partial charge in [-0.3, -0.25) is 9.48 Å². The summed E-state index contributed by atoms with van der Waals surface area (Å²) in [6.07, 6.45) is 0. The number of halogens is 1. The SMILES string of the molecule is Cc1nn(C)c(C(=O)NCCSc2ccccc2)c1Cl. The van der Waals surface area contributed by atoms with Gasteiger partial charge < -0.3 is 5.32 Å². The summed E-state index contributed by atoms with van der Waals surface area (Å²) in [5.41, 5.74) is 1.08. The molecular weight excluding hydrogens is 294 g/mol. The summed E-state index contributed by atoms with van der Waals surface area (Å²) in [5.74, 6) is 0.622. The molecule has 20 heavy (non-hydrogen) atoms. The van der Waals surface area contributed by atoms with E-state index >= 15 is 0 Å². The number of hydrogen-bond donors (Lipinski definition) is 1. The van der Waals surface area contributed by atoms with Gasteiger partial charge >= 0.3 is 0 Å². The van der Waals surface area contributed by atoms with Crippen molar-refractivity contribution < 1.29 is 4.79 Å². The maximum absolute atomic E-state index is 12.0. The Morgan fingerprint density at radius 2 is 2.10 bits per heavy atom. The van der Waals surface area contributed by atoms with E-state index in [1.54, 1.807) is 25.7 Å². The van der Waals surface area contributed by atoms with Crippen molar-refractivity contribution >= 4 is 29.3 Å². The fraction of sp³-hybridized carbons (Fsp3) is 0.286. The van der Waals surface area contributed by atoms with Crippen molar-refractivity contribution in [3.8, 4) is 0 Å². The van der Waals surface area contributed by atoms with Gasteiger partial charge in [-0.05, 0) is 19.1 Å². The number of amides is 1. The standard InChI is InChI=1S/C14H16ClN3OS/c1-10-12(15)13(18(2)17-10)14(19)16-8-9-20-11-6-4-3-5-7-11/h3-7H,8-9H2,1-2H3,(H,16,19). The maximum atomic E-state index is 12.0. The van der Waals surface area contributed by atoms with Crippen LogP contribution in [0.1, 0.15) is 16.2 Å². The lowest BCUT2D eigenvalue weighted by Crippen LogP contribution is -2.27. The van der Waals surface area contributed by atoms with Gasteiger partial charge in [-0.25, -0.2) is 0 Å². The minimum absolute atomic E-state index is 0.188. The average Bonchev–Trinajstić information content (AvgIpc) is 2.69. The Balaban J connectivity index is 1.84. The molecule has 1 aromatic heterocycles. The number of rotatable bonds is 5. The Labute approximate surface area is 127 Å². The van der Waals surface area contributed by atoms with Crippen LogP contribution in [0.5, 0.6) is 0 Å². The second-order valence-electron chi connectivity index (χ2n) is 4.29. The van der Waals surface area contributed by atoms with Crippen molar-refractivity contribution in [1.29, 1.82) is 0 Å². The lowest BCUT2D eigenvalue weighted by Gasteiger charge is -2.06. The molecule has 0 aliphatic heterocycles. The Bertz CT molecular complexity index is 598. The zero-order valence-corrected chi connectivity index (χ0v) is 13.0. The number of nitrogens with zero attached hydrogens (tertiary/aromatic N) is 2. The molecule has 0 bridgehead atoms. The smallest absolute Gasteiger partial charge is 0.271 e. The Hall–Kier alpha value is -1.46. The predicted octanol–water partition coefficient (Wildman–Crippen LogP) is 2.90. The molecule has 0 fully saturated rings. The summed E-state index contributed by atoms with van der Waals surface area (Å²) >= 11 is 7.77. The number of aromatic nitrogens is 2. The van der Waals surface area contributed by atoms with Crippen molar-refractivity contribution in [3.05, 3.63) is 46.7 Å². The highest BCUT2D eigenvalue weighted by Gasteiger charge is 2.17. The van der Waals surface area contributed by atoms with E-state index in [4.69, 9.17) is 11.6 Å². The molecule has 0 saturated carbocycles. The first kappa shape index (κ1) is 14.9. The third-order valence-electron chi connectivity index (χ3n) is 2.76. The number of benzene rings is 1. The lowest BCUT2D eigenvalue weighted by molar-refractivity contribution is 0.0947. The summed E-state index contributed by atoms with van der Waals surface area (Å²) < 4.78 is 1.51. The van der Waals surface area contributed by atoms with Gasteiger partial charge in [0, 0.05) is 24.2 Å². The third kappa shape index (κ3) is 3.55. The molecule has 6 heteroatoms. The molecule has 0 aliphatic rings. The number of thioether (sulfide) groups is 1. The summed E-state index contributed by atoms with van der Waals surface area (Å²) in [5, 5.41) is 7.40. The van der Waals surface area contributed by atoms with E-state index in [1.807, 2.05) is 30.3 Å². The van der Waals surface area contributed by atoms with E-state index in [-0.39, 0.29) is 5.91 Å². The average molecular weight is 310 g/mol. The molecule has 2 rings (SSSR count). The zero-order valence-electron chi connectivity index (χ0n) is 11.4. The van der Waals surface area contributed by atoms with Gasteiger partial charge in [-0.15, -0.1) is 11.8 Å². The van der Waals surface area contributed by atoms with Gasteiger partial charge in [0.05, 0.1) is 10.7 Å². The molecular formula is C14H16ClN3OS. The van der Waals surface area contributed by atoms with E-state index < -0.39 is 0 Å². The first-order valence-electron chi connectivity index (χ1n) is 6.24. The quantitative estimate of drug-likeness (QED) is 0.682. The fourth-order valence-electron chi connectivity index (χ4n) is 1.81. The fourth-order valence-corrected chi connectivity index (χ4v) is 2.85. The number of carbonyl (C=O) groups is 1. The summed E-state index contributed by atoms with van der Waals surface area (Å²) in [7, 11) is 1.71. The van der Waals surface area contributed by atoms with Crippen LogP contribution in [0.4, 0.5) is 0 Å². The molecule has 1 aromatic carbocycles. The van der Waals surface area contributed by atoms with E-state index in [2.05, 4.69) is 10.4 Å². The highest BCUT2D eigenvalue weighted by molar-refractivity contribution is 7.99.